The molecule has 1 heterocycles. The van der Waals surface area contributed by atoms with Gasteiger partial charge in [-0.05, 0) is 104 Å². The molecule has 0 amide bonds. The average molecular weight is 805 g/mol. The van der Waals surface area contributed by atoms with Gasteiger partial charge in [-0.2, -0.15) is 0 Å². The van der Waals surface area contributed by atoms with Gasteiger partial charge in [0.25, 0.3) is 9.28 Å². The second-order valence-electron chi connectivity index (χ2n) is 15.7. The van der Waals surface area contributed by atoms with E-state index >= 15 is 0 Å². The average Bonchev–Trinajstić information content (AvgIpc) is 3.73. The van der Waals surface area contributed by atoms with Crippen LogP contribution in [0.5, 0.6) is 0 Å². The second kappa shape index (κ2) is 19.3. The van der Waals surface area contributed by atoms with Gasteiger partial charge in [0.2, 0.25) is 6.29 Å². The normalized spacial score (nSPS) is 25.0. The van der Waals surface area contributed by atoms with Crippen LogP contribution in [0.2, 0.25) is 71.0 Å². The summed E-state index contributed by atoms with van der Waals surface area (Å²) in [5.74, 6) is -0.277. The summed E-state index contributed by atoms with van der Waals surface area (Å²) in [6.45, 7) is 22.1. The van der Waals surface area contributed by atoms with E-state index in [1.807, 2.05) is 33.5 Å². The summed E-state index contributed by atoms with van der Waals surface area (Å²) in [6.07, 6.45) is 6.59. The van der Waals surface area contributed by atoms with Gasteiger partial charge in [-0.1, -0.05) is 39.5 Å². The van der Waals surface area contributed by atoms with Crippen LogP contribution in [-0.2, 0) is 65.5 Å². The minimum absolute atomic E-state index is 0.244. The monoisotopic (exact) mass is 804 g/mol. The first kappa shape index (κ1) is 43.5. The molecule has 0 N–H and O–H groups in total. The maximum atomic E-state index is 13.3. The molecule has 274 valence electrons. The van der Waals surface area contributed by atoms with Gasteiger partial charge < -0.3 is 30.7 Å². The molecule has 1 aliphatic carbocycles. The Morgan fingerprint density at radius 2 is 1.38 bits per heavy atom. The minimum Gasteiger partial charge on any atom is -0.465 e. The van der Waals surface area contributed by atoms with Crippen LogP contribution in [0.4, 0.5) is 0 Å². The van der Waals surface area contributed by atoms with Crippen molar-refractivity contribution >= 4 is 82.2 Å². The highest BCUT2D eigenvalue weighted by atomic mass is 32.9. The van der Waals surface area contributed by atoms with E-state index in [1.165, 1.54) is 0 Å². The summed E-state index contributed by atoms with van der Waals surface area (Å²) in [5.41, 5.74) is 0. The maximum absolute atomic E-state index is 13.3. The van der Waals surface area contributed by atoms with Crippen molar-refractivity contribution in [3.8, 4) is 0 Å². The smallest absolute Gasteiger partial charge is 0.318 e. The summed E-state index contributed by atoms with van der Waals surface area (Å²) in [5, 5.41) is 0. The Balaban J connectivity index is 2.08. The summed E-state index contributed by atoms with van der Waals surface area (Å²) in [4.78, 5) is 26.1. The lowest BCUT2D eigenvalue weighted by atomic mass is 9.79. The number of rotatable bonds is 21. The highest BCUT2D eigenvalue weighted by Gasteiger charge is 2.49. The molecule has 7 atom stereocenters. The van der Waals surface area contributed by atoms with Crippen LogP contribution in [0.15, 0.2) is 0 Å². The van der Waals surface area contributed by atoms with Gasteiger partial charge in [-0.15, -0.1) is 0 Å². The third-order valence-electron chi connectivity index (χ3n) is 8.14. The van der Waals surface area contributed by atoms with Gasteiger partial charge in [0.15, 0.2) is 23.2 Å². The van der Waals surface area contributed by atoms with Crippen LogP contribution < -0.4 is 0 Å². The topological polar surface area (TPSA) is 119 Å². The Kier molecular flexibility index (Phi) is 17.8. The molecule has 0 aromatic carbocycles. The standard InChI is InChI=1S/C29H61O10PS2Si5/c1-23(28(30)33-18-16-25-12-14-26(15-13-25)17-19-40(32)42-41)21-46(10,37-43(3)36-44(4,5)6)39-47(11,38-45(7,8)9)22-24(2)29(31)35-27-20-34-27/h23-27,43H,12-22H2,1-11H3. The Morgan fingerprint density at radius 1 is 0.851 bits per heavy atom. The first-order valence-electron chi connectivity index (χ1n) is 17.1. The zero-order chi connectivity index (χ0) is 35.6. The third kappa shape index (κ3) is 18.4. The highest BCUT2D eigenvalue weighted by Crippen LogP contribution is 2.35. The van der Waals surface area contributed by atoms with Gasteiger partial charge in [0.05, 0.1) is 18.4 Å². The van der Waals surface area contributed by atoms with Crippen LogP contribution in [0.25, 0.3) is 0 Å². The zero-order valence-electron chi connectivity index (χ0n) is 30.6. The van der Waals surface area contributed by atoms with Crippen molar-refractivity contribution in [2.75, 3.05) is 19.4 Å². The molecule has 2 aliphatic rings. The molecule has 1 saturated carbocycles. The van der Waals surface area contributed by atoms with Crippen molar-refractivity contribution in [1.29, 1.82) is 0 Å². The number of carbonyl (C=O) groups is 2. The second-order valence-corrected chi connectivity index (χ2v) is 38.4. The molecule has 1 saturated heterocycles. The molecular formula is C29H61O10PS2Si5. The zero-order valence-corrected chi connectivity index (χ0v) is 38.3. The van der Waals surface area contributed by atoms with E-state index in [-0.39, 0.29) is 11.9 Å². The molecule has 2 fully saturated rings. The van der Waals surface area contributed by atoms with E-state index in [2.05, 4.69) is 39.3 Å². The van der Waals surface area contributed by atoms with E-state index in [0.717, 1.165) is 48.0 Å². The summed E-state index contributed by atoms with van der Waals surface area (Å²) in [6, 6.07) is 0.812. The van der Waals surface area contributed by atoms with Gasteiger partial charge in [-0.3, -0.25) is 14.2 Å². The summed E-state index contributed by atoms with van der Waals surface area (Å²) >= 11 is 4.85. The van der Waals surface area contributed by atoms with Crippen LogP contribution in [0, 0.1) is 23.7 Å². The predicted octanol–water partition coefficient (Wildman–Crippen LogP) is 7.31. The molecule has 0 bridgehead atoms. The van der Waals surface area contributed by atoms with Gasteiger partial charge in [-0.25, -0.2) is 0 Å². The third-order valence-corrected chi connectivity index (χ3v) is 29.3. The van der Waals surface area contributed by atoms with Crippen molar-refractivity contribution < 1.29 is 44.8 Å². The minimum atomic E-state index is -3.08. The lowest BCUT2D eigenvalue weighted by Gasteiger charge is -2.43. The molecule has 2 rings (SSSR count). The Bertz CT molecular complexity index is 1140. The van der Waals surface area contributed by atoms with Crippen molar-refractivity contribution in [2.45, 2.75) is 130 Å². The highest BCUT2D eigenvalue weighted by molar-refractivity contribution is 8.32. The Morgan fingerprint density at radius 3 is 1.89 bits per heavy atom. The van der Waals surface area contributed by atoms with Gasteiger partial charge >= 0.3 is 29.1 Å². The molecule has 0 radical (unpaired) electrons. The quantitative estimate of drug-likeness (QED) is 0.0503. The van der Waals surface area contributed by atoms with E-state index < -0.39 is 67.7 Å². The molecule has 0 spiro atoms. The van der Waals surface area contributed by atoms with E-state index in [0.29, 0.717) is 43.3 Å². The van der Waals surface area contributed by atoms with E-state index in [4.69, 9.17) is 41.9 Å². The van der Waals surface area contributed by atoms with Gasteiger partial charge in [0, 0.05) is 18.3 Å². The fourth-order valence-corrected chi connectivity index (χ4v) is 29.7. The van der Waals surface area contributed by atoms with Crippen LogP contribution in [0.1, 0.15) is 52.4 Å². The first-order valence-corrected chi connectivity index (χ1v) is 34.9. The lowest BCUT2D eigenvalue weighted by Crippen LogP contribution is -2.59. The molecule has 10 nitrogen and oxygen atoms in total. The molecule has 47 heavy (non-hydrogen) atoms. The number of carbonyl (C=O) groups excluding carboxylic acids is 2. The SMILES string of the molecule is CC(C[Si](C)(O[SiH](C)O[Si](C)(C)C)O[Si](C)(CC(C)C(=O)OC1CO1)O[Si](C)(C)C)C(=O)OCCC1CCC(CCP(=O)=S=S)CC1. The number of esters is 2. The largest absolute Gasteiger partial charge is 0.465 e. The molecule has 0 aromatic rings. The van der Waals surface area contributed by atoms with Crippen molar-refractivity contribution in [2.24, 2.45) is 23.7 Å². The van der Waals surface area contributed by atoms with E-state index in [1.54, 1.807) is 0 Å². The van der Waals surface area contributed by atoms with Crippen LogP contribution in [-0.4, -0.2) is 80.6 Å². The number of epoxide rings is 1. The number of hydrogen-bond acceptors (Lipinski definition) is 11. The van der Waals surface area contributed by atoms with Crippen LogP contribution >= 0.6 is 6.58 Å². The Labute approximate surface area is 298 Å². The van der Waals surface area contributed by atoms with Gasteiger partial charge in [0.1, 0.15) is 6.61 Å². The maximum Gasteiger partial charge on any atom is 0.318 e. The summed E-state index contributed by atoms with van der Waals surface area (Å²) < 4.78 is 55.1. The van der Waals surface area contributed by atoms with E-state index in [9.17, 15) is 14.2 Å². The summed E-state index contributed by atoms with van der Waals surface area (Å²) in [7, 11) is -11.1. The predicted molar refractivity (Wildman–Crippen MR) is 204 cm³/mol. The molecule has 1 aliphatic heterocycles. The molecule has 18 heteroatoms. The number of ether oxygens (including phenoxy) is 3. The molecule has 0 aromatic heterocycles. The van der Waals surface area contributed by atoms with Crippen molar-refractivity contribution in [3.05, 3.63) is 0 Å². The fraction of sp³-hybridized carbons (Fsp3) is 0.931. The molecular weight excluding hydrogens is 744 g/mol. The van der Waals surface area contributed by atoms with Crippen LogP contribution in [0.3, 0.4) is 0 Å². The fourth-order valence-electron chi connectivity index (χ4n) is 6.43. The molecule has 7 unspecified atom stereocenters. The Hall–Kier alpha value is 0.364. The number of hydrogen-bond donors (Lipinski definition) is 0. The lowest BCUT2D eigenvalue weighted by molar-refractivity contribution is -0.152. The van der Waals surface area contributed by atoms with Crippen molar-refractivity contribution in [3.63, 3.8) is 0 Å². The van der Waals surface area contributed by atoms with Crippen molar-refractivity contribution in [1.82, 2.24) is 0 Å². The first-order chi connectivity index (χ1) is 21.6.